The minimum Gasteiger partial charge on any atom is -0.351 e. The number of likely N-dealkylation sites (tertiary alicyclic amines) is 1. The molecule has 8 heteroatoms. The van der Waals surface area contributed by atoms with E-state index in [1.807, 2.05) is 4.57 Å². The van der Waals surface area contributed by atoms with Crippen LogP contribution in [0.25, 0.3) is 0 Å². The average molecular weight is 449 g/mol. The number of hydrogen-bond acceptors (Lipinski definition) is 3. The molecule has 0 spiro atoms. The maximum atomic E-state index is 13.1. The largest absolute Gasteiger partial charge is 0.416 e. The van der Waals surface area contributed by atoms with Gasteiger partial charge in [-0.1, -0.05) is 24.6 Å². The number of benzene rings is 1. The molecule has 0 bridgehead atoms. The molecule has 32 heavy (non-hydrogen) atoms. The van der Waals surface area contributed by atoms with Gasteiger partial charge in [0.15, 0.2) is 0 Å². The molecule has 3 heterocycles. The summed E-state index contributed by atoms with van der Waals surface area (Å²) in [5.41, 5.74) is 0.443. The van der Waals surface area contributed by atoms with Gasteiger partial charge in [0.2, 0.25) is 0 Å². The Kier molecular flexibility index (Phi) is 6.88. The Hall–Kier alpha value is -2.35. The quantitative estimate of drug-likeness (QED) is 0.656. The van der Waals surface area contributed by atoms with Crippen molar-refractivity contribution in [3.8, 4) is 0 Å². The van der Waals surface area contributed by atoms with E-state index in [-0.39, 0.29) is 11.8 Å². The maximum Gasteiger partial charge on any atom is 0.416 e. The van der Waals surface area contributed by atoms with E-state index in [0.717, 1.165) is 31.4 Å². The van der Waals surface area contributed by atoms with Crippen LogP contribution >= 0.6 is 0 Å². The number of amides is 1. The average Bonchev–Trinajstić information content (AvgIpc) is 3.21. The molecule has 5 nitrogen and oxygen atoms in total. The summed E-state index contributed by atoms with van der Waals surface area (Å²) in [7, 11) is 0. The SMILES string of the molecule is C[C@@H]1CCCCN1CCCNC(=O)c1cn2c(n1)CC[C@@H](c1cccc(C(F)(F)F)c1)C2. The second kappa shape index (κ2) is 9.65. The predicted molar refractivity (Wildman–Crippen MR) is 117 cm³/mol. The first-order valence-corrected chi connectivity index (χ1v) is 11.6. The zero-order valence-electron chi connectivity index (χ0n) is 18.5. The summed E-state index contributed by atoms with van der Waals surface area (Å²) in [6.07, 6.45) is 3.44. The number of imidazole rings is 1. The number of fused-ring (bicyclic) bond motifs is 1. The first-order valence-electron chi connectivity index (χ1n) is 11.6. The van der Waals surface area contributed by atoms with Crippen molar-refractivity contribution in [3.05, 3.63) is 53.1 Å². The number of alkyl halides is 3. The monoisotopic (exact) mass is 448 g/mol. The van der Waals surface area contributed by atoms with Crippen molar-refractivity contribution in [3.63, 3.8) is 0 Å². The molecule has 0 radical (unpaired) electrons. The Labute approximate surface area is 187 Å². The van der Waals surface area contributed by atoms with Gasteiger partial charge < -0.3 is 14.8 Å². The molecule has 1 N–H and O–H groups in total. The molecule has 2 aliphatic rings. The van der Waals surface area contributed by atoms with Crippen molar-refractivity contribution < 1.29 is 18.0 Å². The summed E-state index contributed by atoms with van der Waals surface area (Å²) >= 11 is 0. The summed E-state index contributed by atoms with van der Waals surface area (Å²) in [6, 6.07) is 6.17. The van der Waals surface area contributed by atoms with Crippen LogP contribution in [0, 0.1) is 0 Å². The van der Waals surface area contributed by atoms with E-state index in [4.69, 9.17) is 0 Å². The third kappa shape index (κ3) is 5.34. The zero-order chi connectivity index (χ0) is 22.7. The van der Waals surface area contributed by atoms with E-state index in [1.165, 1.54) is 31.4 Å². The number of halogens is 3. The van der Waals surface area contributed by atoms with Gasteiger partial charge in [0.25, 0.3) is 5.91 Å². The highest BCUT2D eigenvalue weighted by atomic mass is 19.4. The van der Waals surface area contributed by atoms with Crippen molar-refractivity contribution in [2.45, 2.75) is 70.1 Å². The minimum absolute atomic E-state index is 0.0264. The molecule has 1 amide bonds. The topological polar surface area (TPSA) is 50.2 Å². The van der Waals surface area contributed by atoms with Crippen molar-refractivity contribution in [1.82, 2.24) is 19.8 Å². The molecule has 1 saturated heterocycles. The molecule has 1 aromatic heterocycles. The Morgan fingerprint density at radius 1 is 1.25 bits per heavy atom. The van der Waals surface area contributed by atoms with Crippen molar-refractivity contribution in [2.75, 3.05) is 19.6 Å². The van der Waals surface area contributed by atoms with Crippen LogP contribution < -0.4 is 5.32 Å². The highest BCUT2D eigenvalue weighted by Gasteiger charge is 2.31. The number of nitrogens with zero attached hydrogens (tertiary/aromatic N) is 3. The van der Waals surface area contributed by atoms with E-state index < -0.39 is 11.7 Å². The van der Waals surface area contributed by atoms with Crippen molar-refractivity contribution >= 4 is 5.91 Å². The molecule has 2 atom stereocenters. The summed E-state index contributed by atoms with van der Waals surface area (Å²) in [5, 5.41) is 2.96. The van der Waals surface area contributed by atoms with Gasteiger partial charge >= 0.3 is 6.18 Å². The van der Waals surface area contributed by atoms with E-state index >= 15 is 0 Å². The molecule has 0 unspecified atom stereocenters. The highest BCUT2D eigenvalue weighted by molar-refractivity contribution is 5.92. The third-order valence-corrected chi connectivity index (χ3v) is 6.76. The minimum atomic E-state index is -4.35. The molecule has 4 rings (SSSR count). The van der Waals surface area contributed by atoms with Crippen molar-refractivity contribution in [2.24, 2.45) is 0 Å². The zero-order valence-corrected chi connectivity index (χ0v) is 18.5. The van der Waals surface area contributed by atoms with Gasteiger partial charge in [-0.05, 0) is 50.8 Å². The highest BCUT2D eigenvalue weighted by Crippen LogP contribution is 2.34. The molecule has 0 saturated carbocycles. The van der Waals surface area contributed by atoms with E-state index in [2.05, 4.69) is 22.1 Å². The van der Waals surface area contributed by atoms with E-state index in [9.17, 15) is 18.0 Å². The number of piperidine rings is 1. The smallest absolute Gasteiger partial charge is 0.351 e. The molecule has 1 fully saturated rings. The first kappa shape index (κ1) is 22.8. The molecule has 0 aliphatic carbocycles. The number of carbonyl (C=O) groups excluding carboxylic acids is 1. The second-order valence-corrected chi connectivity index (χ2v) is 9.04. The molecule has 174 valence electrons. The molecule has 1 aromatic carbocycles. The second-order valence-electron chi connectivity index (χ2n) is 9.04. The maximum absolute atomic E-state index is 13.1. The first-order chi connectivity index (χ1) is 15.3. The van der Waals surface area contributed by atoms with Crippen LogP contribution in [0.2, 0.25) is 0 Å². The summed E-state index contributed by atoms with van der Waals surface area (Å²) in [6.45, 7) is 5.52. The fraction of sp³-hybridized carbons (Fsp3) is 0.583. The van der Waals surface area contributed by atoms with Crippen LogP contribution in [0.3, 0.4) is 0 Å². The standard InChI is InChI=1S/C24H31F3N4O/c1-17-6-2-3-12-30(17)13-5-11-28-23(32)21-16-31-15-19(9-10-22(31)29-21)18-7-4-8-20(14-18)24(25,26)27/h4,7-8,14,16-17,19H,2-3,5-6,9-13,15H2,1H3,(H,28,32)/t17-,19-/m1/s1. The lowest BCUT2D eigenvalue weighted by Crippen LogP contribution is -2.39. The van der Waals surface area contributed by atoms with Crippen LogP contribution in [0.15, 0.2) is 30.5 Å². The van der Waals surface area contributed by atoms with Gasteiger partial charge in [0.05, 0.1) is 5.56 Å². The fourth-order valence-electron chi connectivity index (χ4n) is 4.86. The van der Waals surface area contributed by atoms with E-state index in [1.54, 1.807) is 12.3 Å². The normalized spacial score (nSPS) is 21.9. The van der Waals surface area contributed by atoms with Crippen molar-refractivity contribution in [1.29, 1.82) is 0 Å². The number of aryl methyl sites for hydroxylation is 1. The Bertz CT molecular complexity index is 940. The van der Waals surface area contributed by atoms with E-state index in [0.29, 0.717) is 43.2 Å². The van der Waals surface area contributed by atoms with Crippen LogP contribution in [0.1, 0.15) is 72.4 Å². The third-order valence-electron chi connectivity index (χ3n) is 6.76. The Morgan fingerprint density at radius 3 is 2.88 bits per heavy atom. The molecular weight excluding hydrogens is 417 g/mol. The number of carbonyl (C=O) groups is 1. The Morgan fingerprint density at radius 2 is 2.09 bits per heavy atom. The fourth-order valence-corrected chi connectivity index (χ4v) is 4.86. The number of aromatic nitrogens is 2. The Balaban J connectivity index is 1.31. The summed E-state index contributed by atoms with van der Waals surface area (Å²) < 4.78 is 41.1. The van der Waals surface area contributed by atoms with Crippen LogP contribution in [-0.2, 0) is 19.1 Å². The lowest BCUT2D eigenvalue weighted by atomic mass is 9.90. The lowest BCUT2D eigenvalue weighted by molar-refractivity contribution is -0.137. The van der Waals surface area contributed by atoms with Gasteiger partial charge in [-0.25, -0.2) is 4.98 Å². The van der Waals surface area contributed by atoms with Crippen LogP contribution in [0.5, 0.6) is 0 Å². The summed E-state index contributed by atoms with van der Waals surface area (Å²) in [5.74, 6) is 0.608. The summed E-state index contributed by atoms with van der Waals surface area (Å²) in [4.78, 5) is 19.5. The lowest BCUT2D eigenvalue weighted by Gasteiger charge is -2.33. The van der Waals surface area contributed by atoms with Crippen LogP contribution in [0.4, 0.5) is 13.2 Å². The van der Waals surface area contributed by atoms with Gasteiger partial charge in [-0.3, -0.25) is 4.79 Å². The molecule has 2 aliphatic heterocycles. The number of rotatable bonds is 6. The number of hydrogen-bond donors (Lipinski definition) is 1. The molecular formula is C24H31F3N4O. The van der Waals surface area contributed by atoms with Gasteiger partial charge in [0, 0.05) is 44.2 Å². The van der Waals surface area contributed by atoms with Gasteiger partial charge in [-0.15, -0.1) is 0 Å². The van der Waals surface area contributed by atoms with Gasteiger partial charge in [-0.2, -0.15) is 13.2 Å². The van der Waals surface area contributed by atoms with Gasteiger partial charge in [0.1, 0.15) is 11.5 Å². The predicted octanol–water partition coefficient (Wildman–Crippen LogP) is 4.63. The molecule has 2 aromatic rings. The number of nitrogens with one attached hydrogen (secondary N) is 1. The van der Waals surface area contributed by atoms with Crippen LogP contribution in [-0.4, -0.2) is 46.0 Å².